The number of aryl methyl sites for hydroxylation is 1. The first-order valence-corrected chi connectivity index (χ1v) is 7.33. The standard InChI is InChI=1S/C13H18N6OS/c1-6(2)10-17-11(19-14)8(4)12(18-10)21-13-15-7(3)5-9(20)16-13/h5-6H,14H2,1-4H3,(H,15,16,20)(H,17,18,19). The van der Waals surface area contributed by atoms with Crippen LogP contribution in [0, 0.1) is 13.8 Å². The first kappa shape index (κ1) is 15.5. The van der Waals surface area contributed by atoms with Crippen molar-refractivity contribution in [2.45, 2.75) is 43.8 Å². The molecule has 2 heterocycles. The molecule has 0 fully saturated rings. The zero-order chi connectivity index (χ0) is 15.6. The highest BCUT2D eigenvalue weighted by Crippen LogP contribution is 2.29. The maximum atomic E-state index is 11.5. The van der Waals surface area contributed by atoms with E-state index in [9.17, 15) is 4.79 Å². The van der Waals surface area contributed by atoms with Gasteiger partial charge in [-0.1, -0.05) is 13.8 Å². The number of hydrogen-bond donors (Lipinski definition) is 3. The quantitative estimate of drug-likeness (QED) is 0.341. The van der Waals surface area contributed by atoms with Crippen LogP contribution in [0.4, 0.5) is 5.82 Å². The van der Waals surface area contributed by atoms with Crippen molar-refractivity contribution in [2.75, 3.05) is 5.43 Å². The molecule has 0 amide bonds. The number of hydrazine groups is 1. The fraction of sp³-hybridized carbons (Fsp3) is 0.385. The molecular weight excluding hydrogens is 288 g/mol. The van der Waals surface area contributed by atoms with Crippen LogP contribution < -0.4 is 16.8 Å². The van der Waals surface area contributed by atoms with Gasteiger partial charge in [0.2, 0.25) is 0 Å². The second-order valence-corrected chi connectivity index (χ2v) is 5.93. The average Bonchev–Trinajstić information content (AvgIpc) is 2.39. The maximum Gasteiger partial charge on any atom is 0.251 e. The highest BCUT2D eigenvalue weighted by atomic mass is 32.2. The molecule has 0 radical (unpaired) electrons. The van der Waals surface area contributed by atoms with Gasteiger partial charge in [-0.15, -0.1) is 0 Å². The fourth-order valence-electron chi connectivity index (χ4n) is 1.70. The van der Waals surface area contributed by atoms with Crippen molar-refractivity contribution in [3.63, 3.8) is 0 Å². The largest absolute Gasteiger partial charge is 0.308 e. The molecule has 0 spiro atoms. The minimum absolute atomic E-state index is 0.168. The van der Waals surface area contributed by atoms with Gasteiger partial charge in [-0.05, 0) is 25.6 Å². The van der Waals surface area contributed by atoms with E-state index >= 15 is 0 Å². The van der Waals surface area contributed by atoms with E-state index in [2.05, 4.69) is 25.4 Å². The Morgan fingerprint density at radius 3 is 2.57 bits per heavy atom. The van der Waals surface area contributed by atoms with Crippen LogP contribution in [0.1, 0.15) is 36.8 Å². The number of anilines is 1. The topological polar surface area (TPSA) is 110 Å². The molecule has 0 aliphatic heterocycles. The normalized spacial score (nSPS) is 11.0. The van der Waals surface area contributed by atoms with E-state index in [4.69, 9.17) is 5.84 Å². The van der Waals surface area contributed by atoms with Crippen LogP contribution >= 0.6 is 11.8 Å². The number of rotatable bonds is 4. The molecule has 2 aromatic heterocycles. The van der Waals surface area contributed by atoms with Crippen LogP contribution in [-0.4, -0.2) is 19.9 Å². The highest BCUT2D eigenvalue weighted by Gasteiger charge is 2.14. The molecule has 4 N–H and O–H groups in total. The molecule has 0 aliphatic rings. The number of aromatic nitrogens is 4. The fourth-order valence-corrected chi connectivity index (χ4v) is 2.62. The number of aromatic amines is 1. The van der Waals surface area contributed by atoms with E-state index in [0.29, 0.717) is 22.5 Å². The summed E-state index contributed by atoms with van der Waals surface area (Å²) < 4.78 is 0. The van der Waals surface area contributed by atoms with E-state index in [0.717, 1.165) is 10.6 Å². The van der Waals surface area contributed by atoms with Crippen LogP contribution in [0.25, 0.3) is 0 Å². The maximum absolute atomic E-state index is 11.5. The number of nitrogens with one attached hydrogen (secondary N) is 2. The average molecular weight is 306 g/mol. The van der Waals surface area contributed by atoms with Gasteiger partial charge >= 0.3 is 0 Å². The zero-order valence-corrected chi connectivity index (χ0v) is 13.2. The molecule has 0 unspecified atom stereocenters. The second-order valence-electron chi connectivity index (χ2n) is 4.95. The van der Waals surface area contributed by atoms with Crippen molar-refractivity contribution in [2.24, 2.45) is 5.84 Å². The summed E-state index contributed by atoms with van der Waals surface area (Å²) >= 11 is 1.29. The number of nitrogens with two attached hydrogens (primary N) is 1. The Balaban J connectivity index is 2.47. The van der Waals surface area contributed by atoms with Gasteiger partial charge in [0.1, 0.15) is 16.7 Å². The summed E-state index contributed by atoms with van der Waals surface area (Å²) in [5.41, 5.74) is 3.88. The molecule has 8 heteroatoms. The van der Waals surface area contributed by atoms with Crippen molar-refractivity contribution < 1.29 is 0 Å². The van der Waals surface area contributed by atoms with Gasteiger partial charge in [-0.3, -0.25) is 4.79 Å². The van der Waals surface area contributed by atoms with Gasteiger partial charge in [0.15, 0.2) is 5.16 Å². The van der Waals surface area contributed by atoms with Crippen molar-refractivity contribution >= 4 is 17.6 Å². The van der Waals surface area contributed by atoms with E-state index in [1.165, 1.54) is 17.8 Å². The highest BCUT2D eigenvalue weighted by molar-refractivity contribution is 7.99. The molecule has 0 atom stereocenters. The molecule has 2 aromatic rings. The molecule has 7 nitrogen and oxygen atoms in total. The van der Waals surface area contributed by atoms with Gasteiger partial charge in [0.05, 0.1) is 0 Å². The van der Waals surface area contributed by atoms with Crippen LogP contribution in [0.3, 0.4) is 0 Å². The van der Waals surface area contributed by atoms with Gasteiger partial charge in [0.25, 0.3) is 5.56 Å². The minimum Gasteiger partial charge on any atom is -0.308 e. The van der Waals surface area contributed by atoms with Gasteiger partial charge in [-0.2, -0.15) is 0 Å². The number of nitrogens with zero attached hydrogens (tertiary/aromatic N) is 3. The smallest absolute Gasteiger partial charge is 0.251 e. The summed E-state index contributed by atoms with van der Waals surface area (Å²) in [7, 11) is 0. The second kappa shape index (κ2) is 6.23. The predicted octanol–water partition coefficient (Wildman–Crippen LogP) is 1.74. The number of nitrogen functional groups attached to an aromatic ring is 1. The molecule has 2 rings (SSSR count). The van der Waals surface area contributed by atoms with Crippen molar-refractivity contribution in [3.8, 4) is 0 Å². The Labute approximate surface area is 126 Å². The van der Waals surface area contributed by atoms with Crippen LogP contribution in [0.2, 0.25) is 0 Å². The van der Waals surface area contributed by atoms with Crippen molar-refractivity contribution in [1.82, 2.24) is 19.9 Å². The lowest BCUT2D eigenvalue weighted by atomic mass is 10.2. The first-order valence-electron chi connectivity index (χ1n) is 6.51. The van der Waals surface area contributed by atoms with Crippen LogP contribution in [-0.2, 0) is 0 Å². The lowest BCUT2D eigenvalue weighted by Crippen LogP contribution is -2.14. The summed E-state index contributed by atoms with van der Waals surface area (Å²) in [6, 6.07) is 1.45. The third-order valence-electron chi connectivity index (χ3n) is 2.81. The molecular formula is C13H18N6OS. The molecule has 0 bridgehead atoms. The summed E-state index contributed by atoms with van der Waals surface area (Å²) in [6.45, 7) is 7.66. The Morgan fingerprint density at radius 2 is 2.00 bits per heavy atom. The summed E-state index contributed by atoms with van der Waals surface area (Å²) in [5, 5.41) is 1.22. The molecule has 0 saturated carbocycles. The molecule has 0 aliphatic carbocycles. The third kappa shape index (κ3) is 3.59. The lowest BCUT2D eigenvalue weighted by Gasteiger charge is -2.13. The molecule has 112 valence electrons. The van der Waals surface area contributed by atoms with Crippen molar-refractivity contribution in [3.05, 3.63) is 33.5 Å². The summed E-state index contributed by atoms with van der Waals surface area (Å²) in [6.07, 6.45) is 0. The molecule has 21 heavy (non-hydrogen) atoms. The Hall–Kier alpha value is -1.93. The van der Waals surface area contributed by atoms with E-state index in [-0.39, 0.29) is 11.5 Å². The Morgan fingerprint density at radius 1 is 1.29 bits per heavy atom. The zero-order valence-electron chi connectivity index (χ0n) is 12.4. The number of H-pyrrole nitrogens is 1. The Kier molecular flexibility index (Phi) is 4.59. The van der Waals surface area contributed by atoms with Crippen molar-refractivity contribution in [1.29, 1.82) is 0 Å². The molecule has 0 saturated heterocycles. The van der Waals surface area contributed by atoms with Gasteiger partial charge in [0, 0.05) is 23.2 Å². The SMILES string of the molecule is Cc1cc(=O)[nH]c(Sc2nc(C(C)C)nc(NN)c2C)n1. The monoisotopic (exact) mass is 306 g/mol. The van der Waals surface area contributed by atoms with Crippen LogP contribution in [0.15, 0.2) is 21.0 Å². The van der Waals surface area contributed by atoms with E-state index in [1.807, 2.05) is 20.8 Å². The first-order chi connectivity index (χ1) is 9.90. The minimum atomic E-state index is -0.182. The predicted molar refractivity (Wildman–Crippen MR) is 82.4 cm³/mol. The van der Waals surface area contributed by atoms with Gasteiger partial charge in [-0.25, -0.2) is 20.8 Å². The summed E-state index contributed by atoms with van der Waals surface area (Å²) in [5.74, 6) is 6.94. The van der Waals surface area contributed by atoms with Gasteiger partial charge < -0.3 is 10.4 Å². The summed E-state index contributed by atoms with van der Waals surface area (Å²) in [4.78, 5) is 27.4. The third-order valence-corrected chi connectivity index (χ3v) is 3.79. The van der Waals surface area contributed by atoms with Crippen LogP contribution in [0.5, 0.6) is 0 Å². The number of hydrogen-bond acceptors (Lipinski definition) is 7. The molecule has 0 aromatic carbocycles. The van der Waals surface area contributed by atoms with E-state index in [1.54, 1.807) is 6.92 Å². The lowest BCUT2D eigenvalue weighted by molar-refractivity contribution is 0.747. The Bertz CT molecular complexity index is 712. The van der Waals surface area contributed by atoms with E-state index < -0.39 is 0 Å².